The van der Waals surface area contributed by atoms with Crippen LogP contribution in [0, 0.1) is 0 Å². The first-order chi connectivity index (χ1) is 7.67. The Morgan fingerprint density at radius 2 is 2.00 bits per heavy atom. The van der Waals surface area contributed by atoms with Crippen molar-refractivity contribution < 1.29 is 0 Å². The van der Waals surface area contributed by atoms with Gasteiger partial charge in [0, 0.05) is 11.3 Å². The molecular formula is C10H19N3S3. The van der Waals surface area contributed by atoms with E-state index in [1.807, 2.05) is 18.0 Å². The van der Waals surface area contributed by atoms with Crippen molar-refractivity contribution in [3.63, 3.8) is 0 Å². The fourth-order valence-corrected chi connectivity index (χ4v) is 3.88. The van der Waals surface area contributed by atoms with Crippen LogP contribution in [-0.4, -0.2) is 34.3 Å². The number of nitrogens with one attached hydrogen (secondary N) is 1. The molecule has 0 aliphatic heterocycles. The van der Waals surface area contributed by atoms with Crippen molar-refractivity contribution in [1.82, 2.24) is 15.5 Å². The van der Waals surface area contributed by atoms with Gasteiger partial charge in [-0.2, -0.15) is 0 Å². The molecule has 0 saturated heterocycles. The maximum atomic E-state index is 4.17. The lowest BCUT2D eigenvalue weighted by Gasteiger charge is -2.19. The zero-order valence-corrected chi connectivity index (χ0v) is 12.6. The summed E-state index contributed by atoms with van der Waals surface area (Å²) in [7, 11) is 0. The molecule has 0 amide bonds. The van der Waals surface area contributed by atoms with E-state index < -0.39 is 0 Å². The zero-order chi connectivity index (χ0) is 12.0. The number of rotatable bonds is 7. The topological polar surface area (TPSA) is 37.8 Å². The van der Waals surface area contributed by atoms with Gasteiger partial charge in [0.05, 0.1) is 0 Å². The Kier molecular flexibility index (Phi) is 6.72. The Morgan fingerprint density at radius 1 is 1.31 bits per heavy atom. The van der Waals surface area contributed by atoms with Crippen molar-refractivity contribution in [1.29, 1.82) is 0 Å². The Balaban J connectivity index is 2.40. The molecule has 0 saturated carbocycles. The third-order valence-electron chi connectivity index (χ3n) is 2.27. The standard InChI is InChI=1S/C10H19N3S3/c1-5-6-11-7(2)8(3)15-10-13-12-9(14-4)16-10/h7-8,11H,5-6H2,1-4H3. The molecule has 92 valence electrons. The summed E-state index contributed by atoms with van der Waals surface area (Å²) in [6.07, 6.45) is 3.21. The Morgan fingerprint density at radius 3 is 2.56 bits per heavy atom. The second-order valence-corrected chi connectivity index (χ2v) is 7.26. The molecular weight excluding hydrogens is 258 g/mol. The third-order valence-corrected chi connectivity index (χ3v) is 5.57. The zero-order valence-electron chi connectivity index (χ0n) is 10.2. The number of aromatic nitrogens is 2. The van der Waals surface area contributed by atoms with Crippen LogP contribution in [0.4, 0.5) is 0 Å². The number of thioether (sulfide) groups is 2. The van der Waals surface area contributed by atoms with Crippen molar-refractivity contribution in [2.24, 2.45) is 0 Å². The molecule has 1 aromatic rings. The van der Waals surface area contributed by atoms with Crippen LogP contribution in [0.5, 0.6) is 0 Å². The van der Waals surface area contributed by atoms with Crippen molar-refractivity contribution in [2.75, 3.05) is 12.8 Å². The summed E-state index contributed by atoms with van der Waals surface area (Å²) in [5.74, 6) is 0. The minimum absolute atomic E-state index is 0.506. The molecule has 2 unspecified atom stereocenters. The largest absolute Gasteiger partial charge is 0.313 e. The van der Waals surface area contributed by atoms with Gasteiger partial charge in [-0.05, 0) is 26.1 Å². The molecule has 0 aromatic carbocycles. The molecule has 2 atom stereocenters. The molecule has 0 spiro atoms. The van der Waals surface area contributed by atoms with Crippen molar-refractivity contribution in [3.8, 4) is 0 Å². The molecule has 0 fully saturated rings. The Bertz CT molecular complexity index is 303. The summed E-state index contributed by atoms with van der Waals surface area (Å²) < 4.78 is 2.12. The first-order valence-corrected chi connectivity index (χ1v) is 8.37. The summed E-state index contributed by atoms with van der Waals surface area (Å²) in [4.78, 5) is 0. The van der Waals surface area contributed by atoms with Crippen LogP contribution in [-0.2, 0) is 0 Å². The van der Waals surface area contributed by atoms with Crippen LogP contribution in [0.15, 0.2) is 8.68 Å². The minimum Gasteiger partial charge on any atom is -0.313 e. The average molecular weight is 277 g/mol. The molecule has 0 aliphatic rings. The third kappa shape index (κ3) is 4.61. The number of nitrogens with zero attached hydrogens (tertiary/aromatic N) is 2. The molecule has 1 aromatic heterocycles. The van der Waals surface area contributed by atoms with Gasteiger partial charge in [0.25, 0.3) is 0 Å². The van der Waals surface area contributed by atoms with Crippen LogP contribution < -0.4 is 5.32 Å². The second kappa shape index (κ2) is 7.53. The van der Waals surface area contributed by atoms with Crippen LogP contribution in [0.25, 0.3) is 0 Å². The lowest BCUT2D eigenvalue weighted by molar-refractivity contribution is 0.542. The van der Waals surface area contributed by atoms with Gasteiger partial charge in [0.1, 0.15) is 0 Å². The van der Waals surface area contributed by atoms with Gasteiger partial charge in [-0.15, -0.1) is 10.2 Å². The number of hydrogen-bond donors (Lipinski definition) is 1. The van der Waals surface area contributed by atoms with E-state index in [0.717, 1.165) is 15.2 Å². The van der Waals surface area contributed by atoms with Gasteiger partial charge >= 0.3 is 0 Å². The fourth-order valence-electron chi connectivity index (χ4n) is 1.13. The quantitative estimate of drug-likeness (QED) is 0.775. The molecule has 16 heavy (non-hydrogen) atoms. The van der Waals surface area contributed by atoms with Crippen LogP contribution in [0.2, 0.25) is 0 Å². The normalized spacial score (nSPS) is 15.0. The van der Waals surface area contributed by atoms with Gasteiger partial charge in [-0.25, -0.2) is 0 Å². The van der Waals surface area contributed by atoms with E-state index in [0.29, 0.717) is 11.3 Å². The van der Waals surface area contributed by atoms with E-state index in [2.05, 4.69) is 36.3 Å². The predicted octanol–water partition coefficient (Wildman–Crippen LogP) is 3.13. The van der Waals surface area contributed by atoms with E-state index in [1.165, 1.54) is 6.42 Å². The van der Waals surface area contributed by atoms with Crippen molar-refractivity contribution >= 4 is 34.9 Å². The van der Waals surface area contributed by atoms with E-state index in [4.69, 9.17) is 0 Å². The highest BCUT2D eigenvalue weighted by molar-refractivity contribution is 8.03. The maximum Gasteiger partial charge on any atom is 0.175 e. The Hall–Kier alpha value is 0.220. The monoisotopic (exact) mass is 277 g/mol. The van der Waals surface area contributed by atoms with Gasteiger partial charge in [0.15, 0.2) is 8.68 Å². The molecule has 0 bridgehead atoms. The molecule has 1 rings (SSSR count). The van der Waals surface area contributed by atoms with Gasteiger partial charge in [0.2, 0.25) is 0 Å². The first-order valence-electron chi connectivity index (χ1n) is 5.45. The smallest absolute Gasteiger partial charge is 0.175 e. The molecule has 1 heterocycles. The van der Waals surface area contributed by atoms with Crippen LogP contribution in [0.3, 0.4) is 0 Å². The summed E-state index contributed by atoms with van der Waals surface area (Å²) in [6.45, 7) is 7.73. The van der Waals surface area contributed by atoms with Gasteiger partial charge < -0.3 is 5.32 Å². The average Bonchev–Trinajstić information content (AvgIpc) is 2.73. The van der Waals surface area contributed by atoms with E-state index in [-0.39, 0.29) is 0 Å². The lowest BCUT2D eigenvalue weighted by Crippen LogP contribution is -2.34. The molecule has 3 nitrogen and oxygen atoms in total. The molecule has 0 aliphatic carbocycles. The SMILES string of the molecule is CCCNC(C)C(C)Sc1nnc(SC)s1. The van der Waals surface area contributed by atoms with E-state index in [1.54, 1.807) is 23.1 Å². The highest BCUT2D eigenvalue weighted by atomic mass is 32.2. The van der Waals surface area contributed by atoms with Crippen LogP contribution >= 0.6 is 34.9 Å². The minimum atomic E-state index is 0.506. The highest BCUT2D eigenvalue weighted by Gasteiger charge is 2.15. The van der Waals surface area contributed by atoms with Gasteiger partial charge in [-0.3, -0.25) is 0 Å². The van der Waals surface area contributed by atoms with Crippen molar-refractivity contribution in [2.45, 2.75) is 47.2 Å². The van der Waals surface area contributed by atoms with Crippen LogP contribution in [0.1, 0.15) is 27.2 Å². The maximum absolute atomic E-state index is 4.17. The summed E-state index contributed by atoms with van der Waals surface area (Å²) >= 11 is 5.14. The summed E-state index contributed by atoms with van der Waals surface area (Å²) in [5, 5.41) is 12.3. The highest BCUT2D eigenvalue weighted by Crippen LogP contribution is 2.31. The van der Waals surface area contributed by atoms with Crippen molar-refractivity contribution in [3.05, 3.63) is 0 Å². The predicted molar refractivity (Wildman–Crippen MR) is 74.8 cm³/mol. The number of hydrogen-bond acceptors (Lipinski definition) is 6. The van der Waals surface area contributed by atoms with E-state index in [9.17, 15) is 0 Å². The molecule has 0 radical (unpaired) electrons. The first kappa shape index (κ1) is 14.3. The van der Waals surface area contributed by atoms with Gasteiger partial charge in [-0.1, -0.05) is 48.7 Å². The summed E-state index contributed by atoms with van der Waals surface area (Å²) in [6, 6.07) is 0.506. The summed E-state index contributed by atoms with van der Waals surface area (Å²) in [5.41, 5.74) is 0. The second-order valence-electron chi connectivity index (χ2n) is 3.60. The fraction of sp³-hybridized carbons (Fsp3) is 0.800. The van der Waals surface area contributed by atoms with E-state index >= 15 is 0 Å². The molecule has 6 heteroatoms. The Labute approximate surface area is 110 Å². The molecule has 1 N–H and O–H groups in total. The lowest BCUT2D eigenvalue weighted by atomic mass is 10.2.